The van der Waals surface area contributed by atoms with Crippen LogP contribution in [0.2, 0.25) is 0 Å². The molecular formula is C20H38ClNO3. The fourth-order valence-corrected chi connectivity index (χ4v) is 3.04. The summed E-state index contributed by atoms with van der Waals surface area (Å²) in [6, 6.07) is 0. The molecule has 148 valence electrons. The Labute approximate surface area is 160 Å². The van der Waals surface area contributed by atoms with Gasteiger partial charge in [-0.2, -0.15) is 0 Å². The maximum atomic E-state index is 11.2. The minimum absolute atomic E-state index is 0. The van der Waals surface area contributed by atoms with Gasteiger partial charge in [0, 0.05) is 18.7 Å². The average Bonchev–Trinajstić information content (AvgIpc) is 2.55. The van der Waals surface area contributed by atoms with E-state index in [1.54, 1.807) is 6.92 Å². The third kappa shape index (κ3) is 13.3. The standard InChI is InChI=1S/C20H37NO3.ClH/c1-18(2)20(22)24-15-12-10-8-6-4-5-7-9-11-13-19-17-21(3)14-16-23-19;/h19H,1,4-17H2,2-3H3;1H. The van der Waals surface area contributed by atoms with Crippen LogP contribution in [0.1, 0.15) is 71.1 Å². The maximum absolute atomic E-state index is 11.2. The van der Waals surface area contributed by atoms with Crippen molar-refractivity contribution < 1.29 is 14.3 Å². The summed E-state index contributed by atoms with van der Waals surface area (Å²) in [5, 5.41) is 0. The molecule has 0 spiro atoms. The van der Waals surface area contributed by atoms with Crippen LogP contribution in [-0.4, -0.2) is 50.3 Å². The van der Waals surface area contributed by atoms with Gasteiger partial charge in [-0.3, -0.25) is 0 Å². The van der Waals surface area contributed by atoms with Crippen molar-refractivity contribution in [1.29, 1.82) is 0 Å². The lowest BCUT2D eigenvalue weighted by Crippen LogP contribution is -2.39. The van der Waals surface area contributed by atoms with Crippen LogP contribution in [0.4, 0.5) is 0 Å². The predicted octanol–water partition coefficient (Wildman–Crippen LogP) is 4.76. The number of halogens is 1. The molecule has 1 rings (SSSR count). The van der Waals surface area contributed by atoms with Crippen LogP contribution in [0, 0.1) is 0 Å². The monoisotopic (exact) mass is 375 g/mol. The zero-order valence-electron chi connectivity index (χ0n) is 16.3. The van der Waals surface area contributed by atoms with Gasteiger partial charge in [0.25, 0.3) is 0 Å². The van der Waals surface area contributed by atoms with Crippen molar-refractivity contribution in [1.82, 2.24) is 4.90 Å². The van der Waals surface area contributed by atoms with Crippen LogP contribution >= 0.6 is 12.4 Å². The Hall–Kier alpha value is -0.580. The molecule has 0 radical (unpaired) electrons. The number of ether oxygens (including phenoxy) is 2. The first-order valence-corrected chi connectivity index (χ1v) is 9.72. The summed E-state index contributed by atoms with van der Waals surface area (Å²) in [7, 11) is 2.18. The molecule has 0 amide bonds. The summed E-state index contributed by atoms with van der Waals surface area (Å²) in [5.74, 6) is -0.264. The Morgan fingerprint density at radius 3 is 2.20 bits per heavy atom. The van der Waals surface area contributed by atoms with Gasteiger partial charge in [0.1, 0.15) is 0 Å². The molecule has 1 unspecified atom stereocenters. The normalized spacial score (nSPS) is 17.8. The van der Waals surface area contributed by atoms with E-state index in [1.165, 1.54) is 51.4 Å². The number of rotatable bonds is 13. The first-order valence-electron chi connectivity index (χ1n) is 9.72. The molecular weight excluding hydrogens is 338 g/mol. The van der Waals surface area contributed by atoms with E-state index in [4.69, 9.17) is 9.47 Å². The van der Waals surface area contributed by atoms with Crippen molar-refractivity contribution >= 4 is 18.4 Å². The molecule has 1 fully saturated rings. The first-order chi connectivity index (χ1) is 11.6. The van der Waals surface area contributed by atoms with Crippen LogP contribution in [-0.2, 0) is 14.3 Å². The number of carbonyl (C=O) groups is 1. The van der Waals surface area contributed by atoms with Crippen molar-refractivity contribution in [3.63, 3.8) is 0 Å². The topological polar surface area (TPSA) is 38.8 Å². The molecule has 0 N–H and O–H groups in total. The lowest BCUT2D eigenvalue weighted by molar-refractivity contribution is -0.139. The van der Waals surface area contributed by atoms with Gasteiger partial charge >= 0.3 is 5.97 Å². The third-order valence-electron chi connectivity index (χ3n) is 4.59. The van der Waals surface area contributed by atoms with Crippen molar-refractivity contribution in [3.8, 4) is 0 Å². The summed E-state index contributed by atoms with van der Waals surface area (Å²) >= 11 is 0. The maximum Gasteiger partial charge on any atom is 0.333 e. The molecule has 4 nitrogen and oxygen atoms in total. The summed E-state index contributed by atoms with van der Waals surface area (Å²) in [4.78, 5) is 13.6. The number of morpholine rings is 1. The zero-order chi connectivity index (χ0) is 17.6. The van der Waals surface area contributed by atoms with Crippen LogP contribution in [0.3, 0.4) is 0 Å². The highest BCUT2D eigenvalue weighted by molar-refractivity contribution is 5.86. The zero-order valence-corrected chi connectivity index (χ0v) is 17.1. The molecule has 1 aliphatic rings. The number of likely N-dealkylation sites (N-methyl/N-ethyl adjacent to an activating group) is 1. The largest absolute Gasteiger partial charge is 0.462 e. The van der Waals surface area contributed by atoms with Crippen molar-refractivity contribution in [2.75, 3.05) is 33.4 Å². The van der Waals surface area contributed by atoms with E-state index in [1.807, 2.05) is 0 Å². The summed E-state index contributed by atoms with van der Waals surface area (Å²) in [6.07, 6.45) is 13.0. The number of carbonyl (C=O) groups excluding carboxylic acids is 1. The van der Waals surface area contributed by atoms with Gasteiger partial charge in [0.15, 0.2) is 0 Å². The van der Waals surface area contributed by atoms with Crippen LogP contribution in [0.15, 0.2) is 12.2 Å². The Balaban J connectivity index is 0.00000576. The molecule has 1 aliphatic heterocycles. The highest BCUT2D eigenvalue weighted by Crippen LogP contribution is 2.14. The molecule has 1 saturated heterocycles. The van der Waals surface area contributed by atoms with Gasteiger partial charge in [0.2, 0.25) is 0 Å². The highest BCUT2D eigenvalue weighted by atomic mass is 35.5. The van der Waals surface area contributed by atoms with Gasteiger partial charge in [-0.15, -0.1) is 12.4 Å². The number of unbranched alkanes of at least 4 members (excludes halogenated alkanes) is 8. The fraction of sp³-hybridized carbons (Fsp3) is 0.850. The van der Waals surface area contributed by atoms with Gasteiger partial charge in [-0.1, -0.05) is 57.9 Å². The van der Waals surface area contributed by atoms with Gasteiger partial charge in [0.05, 0.1) is 19.3 Å². The molecule has 0 aromatic rings. The number of esters is 1. The molecule has 5 heteroatoms. The second-order valence-corrected chi connectivity index (χ2v) is 7.14. The van der Waals surface area contributed by atoms with Crippen molar-refractivity contribution in [2.45, 2.75) is 77.2 Å². The van der Waals surface area contributed by atoms with Crippen molar-refractivity contribution in [3.05, 3.63) is 12.2 Å². The fourth-order valence-electron chi connectivity index (χ4n) is 3.04. The van der Waals surface area contributed by atoms with E-state index in [0.29, 0.717) is 18.3 Å². The highest BCUT2D eigenvalue weighted by Gasteiger charge is 2.16. The SMILES string of the molecule is C=C(C)C(=O)OCCCCCCCCCCCC1CN(C)CCO1.Cl. The molecule has 1 atom stereocenters. The molecule has 0 aliphatic carbocycles. The molecule has 0 saturated carbocycles. The minimum atomic E-state index is -0.264. The number of hydrogen-bond acceptors (Lipinski definition) is 4. The van der Waals surface area contributed by atoms with E-state index in [-0.39, 0.29) is 18.4 Å². The smallest absolute Gasteiger partial charge is 0.333 e. The number of hydrogen-bond donors (Lipinski definition) is 0. The summed E-state index contributed by atoms with van der Waals surface area (Å²) in [5.41, 5.74) is 0.483. The minimum Gasteiger partial charge on any atom is -0.462 e. The molecule has 25 heavy (non-hydrogen) atoms. The van der Waals surface area contributed by atoms with Crippen LogP contribution in [0.25, 0.3) is 0 Å². The first kappa shape index (κ1) is 24.4. The van der Waals surface area contributed by atoms with Crippen molar-refractivity contribution in [2.24, 2.45) is 0 Å². The lowest BCUT2D eigenvalue weighted by Gasteiger charge is -2.30. The van der Waals surface area contributed by atoms with E-state index < -0.39 is 0 Å². The summed E-state index contributed by atoms with van der Waals surface area (Å²) in [6.45, 7) is 8.86. The Morgan fingerprint density at radius 1 is 1.08 bits per heavy atom. The van der Waals surface area contributed by atoms with Gasteiger partial charge < -0.3 is 14.4 Å². The van der Waals surface area contributed by atoms with E-state index >= 15 is 0 Å². The molecule has 0 aromatic carbocycles. The Bertz CT molecular complexity index is 363. The quantitative estimate of drug-likeness (QED) is 0.264. The Kier molecular flexibility index (Phi) is 15.3. The molecule has 1 heterocycles. The second-order valence-electron chi connectivity index (χ2n) is 7.14. The molecule has 0 aromatic heterocycles. The van der Waals surface area contributed by atoms with Crippen LogP contribution in [0.5, 0.6) is 0 Å². The van der Waals surface area contributed by atoms with Gasteiger partial charge in [-0.25, -0.2) is 4.79 Å². The van der Waals surface area contributed by atoms with E-state index in [2.05, 4.69) is 18.5 Å². The van der Waals surface area contributed by atoms with Gasteiger partial charge in [-0.05, 0) is 26.8 Å². The summed E-state index contributed by atoms with van der Waals surface area (Å²) < 4.78 is 10.9. The van der Waals surface area contributed by atoms with E-state index in [0.717, 1.165) is 32.5 Å². The Morgan fingerprint density at radius 2 is 1.64 bits per heavy atom. The number of nitrogens with zero attached hydrogens (tertiary/aromatic N) is 1. The third-order valence-corrected chi connectivity index (χ3v) is 4.59. The lowest BCUT2D eigenvalue weighted by atomic mass is 10.0. The second kappa shape index (κ2) is 15.7. The predicted molar refractivity (Wildman–Crippen MR) is 106 cm³/mol. The van der Waals surface area contributed by atoms with E-state index in [9.17, 15) is 4.79 Å². The molecule has 0 bridgehead atoms. The average molecular weight is 376 g/mol. The van der Waals surface area contributed by atoms with Crippen LogP contribution < -0.4 is 0 Å².